The number of nitrogens with zero attached hydrogens (tertiary/aromatic N) is 6. The Hall–Kier alpha value is -4.32. The van der Waals surface area contributed by atoms with Crippen molar-refractivity contribution in [3.8, 4) is 0 Å². The van der Waals surface area contributed by atoms with Gasteiger partial charge in [0.1, 0.15) is 5.82 Å². The molecule has 2 aromatic heterocycles. The summed E-state index contributed by atoms with van der Waals surface area (Å²) in [6.45, 7) is 8.99. The number of carbonyl (C=O) groups is 2. The molecule has 0 spiro atoms. The Balaban J connectivity index is 0.000000182. The molecule has 4 aromatic rings. The maximum absolute atomic E-state index is 11.8. The molecule has 0 amide bonds. The third kappa shape index (κ3) is 11.7. The second-order valence-electron chi connectivity index (χ2n) is 15.6. The SMILES string of the molecule is CCOC(=O)c1cnc(CC2(c3ccc(N4CCCCC4)cc3)CCC2)nc1.CCOC(=O)c1cnc(Cl)nc1.Cl.NC1(c2ccc(N3CCCCC3)cc2)CCC1. The largest absolute Gasteiger partial charge is 0.462 e. The fourth-order valence-corrected chi connectivity index (χ4v) is 8.15. The second kappa shape index (κ2) is 21.6. The Bertz CT molecular complexity index is 1860. The zero-order valence-corrected chi connectivity index (χ0v) is 35.6. The Labute approximate surface area is 354 Å². The molecule has 11 nitrogen and oxygen atoms in total. The fourth-order valence-electron chi connectivity index (χ4n) is 8.05. The van der Waals surface area contributed by atoms with Crippen LogP contribution in [-0.2, 0) is 26.8 Å². The van der Waals surface area contributed by atoms with E-state index in [1.54, 1.807) is 26.2 Å². The normalized spacial score (nSPS) is 17.7. The Morgan fingerprint density at radius 1 is 0.621 bits per heavy atom. The fraction of sp³-hybridized carbons (Fsp3) is 0.511. The van der Waals surface area contributed by atoms with Crippen molar-refractivity contribution in [2.45, 2.75) is 108 Å². The van der Waals surface area contributed by atoms with E-state index in [-0.39, 0.29) is 34.6 Å². The van der Waals surface area contributed by atoms with Crippen LogP contribution in [0.1, 0.15) is 129 Å². The van der Waals surface area contributed by atoms with Crippen molar-refractivity contribution in [2.24, 2.45) is 5.73 Å². The predicted molar refractivity (Wildman–Crippen MR) is 232 cm³/mol. The molecule has 0 bridgehead atoms. The molecule has 2 aliphatic carbocycles. The van der Waals surface area contributed by atoms with Gasteiger partial charge < -0.3 is 25.0 Å². The van der Waals surface area contributed by atoms with Crippen LogP contribution in [0.25, 0.3) is 0 Å². The van der Waals surface area contributed by atoms with Gasteiger partial charge in [-0.05, 0) is 131 Å². The zero-order valence-electron chi connectivity index (χ0n) is 34.0. The minimum absolute atomic E-state index is 0. The summed E-state index contributed by atoms with van der Waals surface area (Å²) in [6.07, 6.45) is 21.8. The number of rotatable bonds is 10. The van der Waals surface area contributed by atoms with E-state index in [0.717, 1.165) is 25.1 Å². The van der Waals surface area contributed by atoms with Gasteiger partial charge in [-0.1, -0.05) is 30.7 Å². The maximum atomic E-state index is 11.8. The highest BCUT2D eigenvalue weighted by molar-refractivity contribution is 6.28. The molecule has 8 rings (SSSR count). The van der Waals surface area contributed by atoms with Crippen LogP contribution in [0.4, 0.5) is 11.4 Å². The number of hydrogen-bond acceptors (Lipinski definition) is 11. The molecule has 4 aliphatic rings. The molecule has 13 heteroatoms. The molecule has 4 fully saturated rings. The predicted octanol–water partition coefficient (Wildman–Crippen LogP) is 9.05. The van der Waals surface area contributed by atoms with Crippen LogP contribution in [0, 0.1) is 0 Å². The van der Waals surface area contributed by atoms with E-state index in [1.165, 1.54) is 125 Å². The topological polar surface area (TPSA) is 137 Å². The lowest BCUT2D eigenvalue weighted by Crippen LogP contribution is -2.43. The van der Waals surface area contributed by atoms with E-state index >= 15 is 0 Å². The van der Waals surface area contributed by atoms with Gasteiger partial charge >= 0.3 is 11.9 Å². The van der Waals surface area contributed by atoms with Crippen molar-refractivity contribution in [3.05, 3.63) is 107 Å². The summed E-state index contributed by atoms with van der Waals surface area (Å²) >= 11 is 5.42. The summed E-state index contributed by atoms with van der Waals surface area (Å²) in [5.41, 5.74) is 12.6. The Morgan fingerprint density at radius 3 is 1.41 bits per heavy atom. The molecule has 0 atom stereocenters. The monoisotopic (exact) mass is 831 g/mol. The average molecular weight is 833 g/mol. The van der Waals surface area contributed by atoms with Gasteiger partial charge in [-0.25, -0.2) is 29.5 Å². The number of hydrogen-bond donors (Lipinski definition) is 1. The summed E-state index contributed by atoms with van der Waals surface area (Å²) < 4.78 is 9.71. The van der Waals surface area contributed by atoms with Crippen molar-refractivity contribution in [1.82, 2.24) is 19.9 Å². The van der Waals surface area contributed by atoms with Gasteiger partial charge in [-0.15, -0.1) is 12.4 Å². The molecule has 0 unspecified atom stereocenters. The van der Waals surface area contributed by atoms with Gasteiger partial charge in [0.15, 0.2) is 0 Å². The number of benzene rings is 2. The summed E-state index contributed by atoms with van der Waals surface area (Å²) in [7, 11) is 0. The van der Waals surface area contributed by atoms with Crippen LogP contribution >= 0.6 is 24.0 Å². The third-order valence-corrected chi connectivity index (χ3v) is 12.0. The maximum Gasteiger partial charge on any atom is 0.341 e. The minimum Gasteiger partial charge on any atom is -0.462 e. The number of halogens is 2. The Morgan fingerprint density at radius 2 is 1.03 bits per heavy atom. The molecule has 58 heavy (non-hydrogen) atoms. The number of carbonyl (C=O) groups excluding carboxylic acids is 2. The highest BCUT2D eigenvalue weighted by Crippen LogP contribution is 2.46. The number of nitrogens with two attached hydrogens (primary N) is 1. The van der Waals surface area contributed by atoms with E-state index in [9.17, 15) is 9.59 Å². The first-order valence-electron chi connectivity index (χ1n) is 20.8. The summed E-state index contributed by atoms with van der Waals surface area (Å²) in [5, 5.41) is 0.114. The van der Waals surface area contributed by atoms with Gasteiger partial charge in [0.25, 0.3) is 0 Å². The number of aromatic nitrogens is 4. The molecule has 2 aliphatic heterocycles. The van der Waals surface area contributed by atoms with Crippen molar-refractivity contribution in [2.75, 3.05) is 49.2 Å². The molecular formula is C45H59Cl2N7O4. The van der Waals surface area contributed by atoms with Crippen molar-refractivity contribution in [3.63, 3.8) is 0 Å². The number of anilines is 2. The van der Waals surface area contributed by atoms with Gasteiger partial charge in [0.2, 0.25) is 5.28 Å². The minimum atomic E-state index is -0.436. The quantitative estimate of drug-likeness (QED) is 0.121. The molecule has 0 radical (unpaired) electrons. The highest BCUT2D eigenvalue weighted by Gasteiger charge is 2.39. The van der Waals surface area contributed by atoms with Crippen molar-refractivity contribution in [1.29, 1.82) is 0 Å². The molecule has 2 saturated carbocycles. The first kappa shape index (κ1) is 44.8. The van der Waals surface area contributed by atoms with Gasteiger partial charge in [-0.2, -0.15) is 0 Å². The van der Waals surface area contributed by atoms with Gasteiger partial charge in [0.05, 0.1) is 24.3 Å². The molecule has 312 valence electrons. The Kier molecular flexibility index (Phi) is 16.7. The van der Waals surface area contributed by atoms with E-state index < -0.39 is 5.97 Å². The van der Waals surface area contributed by atoms with E-state index in [4.69, 9.17) is 26.8 Å². The van der Waals surface area contributed by atoms with Gasteiger partial charge in [-0.3, -0.25) is 0 Å². The lowest BCUT2D eigenvalue weighted by molar-refractivity contribution is 0.0515. The highest BCUT2D eigenvalue weighted by atomic mass is 35.5. The van der Waals surface area contributed by atoms with Crippen LogP contribution in [0.2, 0.25) is 5.28 Å². The zero-order chi connectivity index (χ0) is 40.1. The lowest BCUT2D eigenvalue weighted by Gasteiger charge is -2.42. The van der Waals surface area contributed by atoms with Crippen LogP contribution in [0.3, 0.4) is 0 Å². The van der Waals surface area contributed by atoms with Crippen LogP contribution in [-0.4, -0.2) is 71.3 Å². The number of piperidine rings is 2. The van der Waals surface area contributed by atoms with Crippen LogP contribution in [0.15, 0.2) is 73.3 Å². The van der Waals surface area contributed by atoms with E-state index in [0.29, 0.717) is 24.3 Å². The first-order chi connectivity index (χ1) is 27.7. The van der Waals surface area contributed by atoms with E-state index in [2.05, 4.69) is 78.3 Å². The average Bonchev–Trinajstić information content (AvgIpc) is 3.23. The van der Waals surface area contributed by atoms with Crippen molar-refractivity contribution < 1.29 is 19.1 Å². The molecule has 2 saturated heterocycles. The molecular weight excluding hydrogens is 773 g/mol. The molecule has 4 heterocycles. The summed E-state index contributed by atoms with van der Waals surface area (Å²) in [6, 6.07) is 18.2. The number of esters is 2. The lowest BCUT2D eigenvalue weighted by atomic mass is 9.62. The molecule has 2 N–H and O–H groups in total. The van der Waals surface area contributed by atoms with Gasteiger partial charge in [0, 0.05) is 79.7 Å². The summed E-state index contributed by atoms with van der Waals surface area (Å²) in [5.74, 6) is 0.00253. The smallest absolute Gasteiger partial charge is 0.341 e. The first-order valence-corrected chi connectivity index (χ1v) is 21.2. The van der Waals surface area contributed by atoms with Crippen LogP contribution in [0.5, 0.6) is 0 Å². The van der Waals surface area contributed by atoms with Crippen molar-refractivity contribution >= 4 is 47.3 Å². The second-order valence-corrected chi connectivity index (χ2v) is 15.9. The van der Waals surface area contributed by atoms with E-state index in [1.807, 2.05) is 0 Å². The van der Waals surface area contributed by atoms with Crippen LogP contribution < -0.4 is 15.5 Å². The third-order valence-electron chi connectivity index (χ3n) is 11.8. The molecule has 2 aromatic carbocycles. The summed E-state index contributed by atoms with van der Waals surface area (Å²) in [4.78, 5) is 44.0. The number of ether oxygens (including phenoxy) is 2. The standard InChI is InChI=1S/C23H29N3O2.C15H22N2.C7H7ClN2O2.ClH/c1-2-28-22(27)18-16-24-21(25-17-18)15-23(11-6-12-23)19-7-9-20(10-8-19)26-13-4-3-5-14-26;16-15(9-4-10-15)13-5-7-14(8-6-13)17-11-2-1-3-12-17;1-2-12-6(11)5-3-9-7(8)10-4-5;/h7-10,16-17H,2-6,11-15H2,1H3;5-8H,1-4,9-12,16H2;3-4H,2H2,1H3;1H.